The molecular formula is C29H29N5OS. The SMILES string of the molecule is Cc1cccc(-c2sc(C3CC3)nc2C(=O)N2CC3CC(C2)CN(c2cnc4ccccc4n2)C3)c1. The van der Waals surface area contributed by atoms with E-state index in [4.69, 9.17) is 9.97 Å². The molecule has 36 heavy (non-hydrogen) atoms. The molecule has 4 heterocycles. The molecule has 0 radical (unpaired) electrons. The van der Waals surface area contributed by atoms with Crippen LogP contribution in [0, 0.1) is 18.8 Å². The lowest BCUT2D eigenvalue weighted by atomic mass is 9.84. The molecule has 3 fully saturated rings. The van der Waals surface area contributed by atoms with Crippen molar-refractivity contribution in [3.8, 4) is 10.4 Å². The van der Waals surface area contributed by atoms with Gasteiger partial charge in [-0.1, -0.05) is 42.0 Å². The smallest absolute Gasteiger partial charge is 0.274 e. The molecule has 3 aliphatic rings. The molecule has 2 aromatic carbocycles. The Kier molecular flexibility index (Phi) is 5.27. The molecule has 1 aliphatic carbocycles. The average Bonchev–Trinajstić information content (AvgIpc) is 3.65. The molecule has 2 saturated heterocycles. The average molecular weight is 496 g/mol. The molecule has 1 amide bonds. The summed E-state index contributed by atoms with van der Waals surface area (Å²) in [6, 6.07) is 16.5. The van der Waals surface area contributed by atoms with E-state index in [1.165, 1.54) is 18.4 Å². The minimum absolute atomic E-state index is 0.100. The molecule has 6 nitrogen and oxygen atoms in total. The van der Waals surface area contributed by atoms with Crippen LogP contribution < -0.4 is 4.90 Å². The number of aromatic nitrogens is 3. The van der Waals surface area contributed by atoms with Gasteiger partial charge in [0.1, 0.15) is 11.5 Å². The highest BCUT2D eigenvalue weighted by Gasteiger charge is 2.38. The van der Waals surface area contributed by atoms with Crippen LogP contribution in [0.5, 0.6) is 0 Å². The fourth-order valence-corrected chi connectivity index (χ4v) is 7.07. The number of amides is 1. The summed E-state index contributed by atoms with van der Waals surface area (Å²) < 4.78 is 0. The third-order valence-electron chi connectivity index (χ3n) is 7.68. The second-order valence-electron chi connectivity index (χ2n) is 10.7. The van der Waals surface area contributed by atoms with Crippen molar-refractivity contribution in [2.24, 2.45) is 11.8 Å². The number of thiazole rings is 1. The van der Waals surface area contributed by atoms with Crippen LogP contribution >= 0.6 is 11.3 Å². The Labute approximate surface area is 215 Å². The number of anilines is 1. The number of hydrogen-bond donors (Lipinski definition) is 0. The number of rotatable bonds is 4. The maximum Gasteiger partial charge on any atom is 0.274 e. The van der Waals surface area contributed by atoms with Gasteiger partial charge >= 0.3 is 0 Å². The Bertz CT molecular complexity index is 1450. The van der Waals surface area contributed by atoms with E-state index >= 15 is 0 Å². The zero-order valence-electron chi connectivity index (χ0n) is 20.4. The molecule has 2 aliphatic heterocycles. The molecule has 2 unspecified atom stereocenters. The third-order valence-corrected chi connectivity index (χ3v) is 8.95. The Balaban J connectivity index is 1.13. The normalized spacial score (nSPS) is 21.7. The van der Waals surface area contributed by atoms with Gasteiger partial charge in [-0.2, -0.15) is 0 Å². The van der Waals surface area contributed by atoms with E-state index in [2.05, 4.69) is 46.0 Å². The number of benzene rings is 2. The molecule has 7 heteroatoms. The van der Waals surface area contributed by atoms with Gasteiger partial charge in [0.05, 0.1) is 27.1 Å². The molecule has 0 N–H and O–H groups in total. The van der Waals surface area contributed by atoms with Crippen molar-refractivity contribution >= 4 is 34.1 Å². The van der Waals surface area contributed by atoms with Crippen molar-refractivity contribution in [1.82, 2.24) is 19.9 Å². The quantitative estimate of drug-likeness (QED) is 0.372. The largest absolute Gasteiger partial charge is 0.355 e. The van der Waals surface area contributed by atoms with Crippen LogP contribution in [-0.2, 0) is 0 Å². The highest BCUT2D eigenvalue weighted by Crippen LogP contribution is 2.45. The Morgan fingerprint density at radius 1 is 0.944 bits per heavy atom. The van der Waals surface area contributed by atoms with Crippen molar-refractivity contribution in [1.29, 1.82) is 0 Å². The van der Waals surface area contributed by atoms with Gasteiger partial charge in [0, 0.05) is 32.1 Å². The van der Waals surface area contributed by atoms with Crippen molar-refractivity contribution in [2.45, 2.75) is 32.1 Å². The zero-order valence-corrected chi connectivity index (χ0v) is 21.2. The van der Waals surface area contributed by atoms with Crippen LogP contribution in [0.25, 0.3) is 21.5 Å². The number of fused-ring (bicyclic) bond motifs is 3. The van der Waals surface area contributed by atoms with Crippen molar-refractivity contribution in [2.75, 3.05) is 31.1 Å². The molecule has 7 rings (SSSR count). The standard InChI is InChI=1S/C29H29N5OS/c1-18-5-4-6-22(11-18)27-26(32-28(36-27)21-9-10-21)29(35)34-16-19-12-20(17-34)15-33(14-19)25-13-30-23-7-2-3-8-24(23)31-25/h2-8,11,13,19-21H,9-10,12,14-17H2,1H3. The number of carbonyl (C=O) groups excluding carboxylic acids is 1. The maximum absolute atomic E-state index is 13.9. The predicted octanol–water partition coefficient (Wildman–Crippen LogP) is 5.54. The zero-order chi connectivity index (χ0) is 24.2. The third kappa shape index (κ3) is 4.05. The van der Waals surface area contributed by atoms with Gasteiger partial charge in [-0.15, -0.1) is 11.3 Å². The molecule has 182 valence electrons. The lowest BCUT2D eigenvalue weighted by molar-refractivity contribution is 0.0560. The summed E-state index contributed by atoms with van der Waals surface area (Å²) in [5.74, 6) is 2.44. The van der Waals surface area contributed by atoms with E-state index in [0.29, 0.717) is 23.4 Å². The maximum atomic E-state index is 13.9. The molecule has 4 aromatic rings. The van der Waals surface area contributed by atoms with Crippen LogP contribution in [0.1, 0.15) is 46.2 Å². The van der Waals surface area contributed by atoms with Crippen molar-refractivity contribution in [3.05, 3.63) is 71.0 Å². The van der Waals surface area contributed by atoms with E-state index in [1.807, 2.05) is 30.5 Å². The first-order chi connectivity index (χ1) is 17.6. The number of likely N-dealkylation sites (tertiary alicyclic amines) is 1. The summed E-state index contributed by atoms with van der Waals surface area (Å²) in [4.78, 5) is 33.8. The first-order valence-corrected chi connectivity index (χ1v) is 13.8. The minimum Gasteiger partial charge on any atom is -0.355 e. The summed E-state index contributed by atoms with van der Waals surface area (Å²) in [6.45, 7) is 5.46. The first kappa shape index (κ1) is 21.9. The van der Waals surface area contributed by atoms with Gasteiger partial charge in [-0.25, -0.2) is 9.97 Å². The highest BCUT2D eigenvalue weighted by atomic mass is 32.1. The van der Waals surface area contributed by atoms with Crippen LogP contribution in [-0.4, -0.2) is 51.9 Å². The number of nitrogens with zero attached hydrogens (tertiary/aromatic N) is 5. The summed E-state index contributed by atoms with van der Waals surface area (Å²) in [7, 11) is 0. The predicted molar refractivity (Wildman–Crippen MR) is 144 cm³/mol. The number of aryl methyl sites for hydroxylation is 1. The van der Waals surface area contributed by atoms with Crippen LogP contribution in [0.15, 0.2) is 54.7 Å². The second kappa shape index (κ2) is 8.66. The molecule has 1 saturated carbocycles. The number of carbonyl (C=O) groups is 1. The van der Waals surface area contributed by atoms with E-state index < -0.39 is 0 Å². The summed E-state index contributed by atoms with van der Waals surface area (Å²) in [6.07, 6.45) is 5.44. The second-order valence-corrected chi connectivity index (χ2v) is 11.7. The lowest BCUT2D eigenvalue weighted by Gasteiger charge is -2.46. The lowest BCUT2D eigenvalue weighted by Crippen LogP contribution is -2.54. The van der Waals surface area contributed by atoms with Gasteiger partial charge < -0.3 is 9.80 Å². The van der Waals surface area contributed by atoms with Gasteiger partial charge in [0.15, 0.2) is 0 Å². The fourth-order valence-electron chi connectivity index (χ4n) is 5.85. The van der Waals surface area contributed by atoms with Crippen molar-refractivity contribution in [3.63, 3.8) is 0 Å². The highest BCUT2D eigenvalue weighted by molar-refractivity contribution is 7.15. The van der Waals surface area contributed by atoms with Crippen molar-refractivity contribution < 1.29 is 4.79 Å². The summed E-state index contributed by atoms with van der Waals surface area (Å²) in [5, 5.41) is 1.13. The Hall–Kier alpha value is -3.32. The van der Waals surface area contributed by atoms with Gasteiger partial charge in [0.25, 0.3) is 5.91 Å². The van der Waals surface area contributed by atoms with Gasteiger partial charge in [0.2, 0.25) is 0 Å². The molecule has 2 atom stereocenters. The van der Waals surface area contributed by atoms with E-state index in [-0.39, 0.29) is 5.91 Å². The van der Waals surface area contributed by atoms with Crippen LogP contribution in [0.3, 0.4) is 0 Å². The summed E-state index contributed by atoms with van der Waals surface area (Å²) >= 11 is 1.72. The molecule has 2 bridgehead atoms. The van der Waals surface area contributed by atoms with Crippen LogP contribution in [0.2, 0.25) is 0 Å². The summed E-state index contributed by atoms with van der Waals surface area (Å²) in [5.41, 5.74) is 4.83. The van der Waals surface area contributed by atoms with Gasteiger partial charge in [-0.05, 0) is 55.7 Å². The fraction of sp³-hybridized carbons (Fsp3) is 0.379. The number of para-hydroxylation sites is 2. The van der Waals surface area contributed by atoms with Gasteiger partial charge in [-0.3, -0.25) is 9.78 Å². The molecule has 2 aromatic heterocycles. The van der Waals surface area contributed by atoms with Crippen LogP contribution in [0.4, 0.5) is 5.82 Å². The Morgan fingerprint density at radius 2 is 1.72 bits per heavy atom. The molecule has 0 spiro atoms. The first-order valence-electron chi connectivity index (χ1n) is 12.9. The topological polar surface area (TPSA) is 62.2 Å². The van der Waals surface area contributed by atoms with E-state index in [9.17, 15) is 4.79 Å². The minimum atomic E-state index is 0.100. The number of hydrogen-bond acceptors (Lipinski definition) is 6. The number of piperidine rings is 2. The van der Waals surface area contributed by atoms with E-state index in [1.54, 1.807) is 11.3 Å². The van der Waals surface area contributed by atoms with E-state index in [0.717, 1.165) is 64.9 Å². The Morgan fingerprint density at radius 3 is 2.47 bits per heavy atom. The monoisotopic (exact) mass is 495 g/mol. The molecular weight excluding hydrogens is 466 g/mol.